The normalized spacial score (nSPS) is 17.0. The van der Waals surface area contributed by atoms with Gasteiger partial charge in [-0.15, -0.1) is 0 Å². The third-order valence-electron chi connectivity index (χ3n) is 6.58. The van der Waals surface area contributed by atoms with Gasteiger partial charge in [-0.25, -0.2) is 4.79 Å². The number of non-ortho nitro benzene ring substituents is 1. The Morgan fingerprint density at radius 2 is 1.82 bits per heavy atom. The number of nitro groups is 1. The molecule has 9 nitrogen and oxygen atoms in total. The SMILES string of the molecule is COc1ccc([C@@H]2Cc3cc(Cl)ccc3N(CCN(C)C)C(=O)[C@@H]2OC(=O)c2ccc([N+](=O)[O-])cc2Cl)cc1. The van der Waals surface area contributed by atoms with E-state index in [-0.39, 0.29) is 16.3 Å². The van der Waals surface area contributed by atoms with Crippen LogP contribution in [0.1, 0.15) is 27.4 Å². The minimum atomic E-state index is -1.22. The molecule has 0 saturated carbocycles. The number of hydrogen-bond acceptors (Lipinski definition) is 7. The summed E-state index contributed by atoms with van der Waals surface area (Å²) in [5, 5.41) is 11.5. The Kier molecular flexibility index (Phi) is 8.74. The van der Waals surface area contributed by atoms with E-state index in [2.05, 4.69) is 0 Å². The van der Waals surface area contributed by atoms with Crippen LogP contribution < -0.4 is 9.64 Å². The van der Waals surface area contributed by atoms with Crippen molar-refractivity contribution >= 4 is 46.5 Å². The first-order valence-electron chi connectivity index (χ1n) is 12.1. The Morgan fingerprint density at radius 1 is 1.10 bits per heavy atom. The second-order valence-corrected chi connectivity index (χ2v) is 10.2. The van der Waals surface area contributed by atoms with Crippen molar-refractivity contribution in [2.24, 2.45) is 0 Å². The molecule has 204 valence electrons. The van der Waals surface area contributed by atoms with E-state index in [1.807, 2.05) is 37.2 Å². The number of likely N-dealkylation sites (N-methyl/N-ethyl adjacent to an activating group) is 1. The molecule has 0 aliphatic carbocycles. The van der Waals surface area contributed by atoms with Crippen LogP contribution in [-0.2, 0) is 16.0 Å². The standard InChI is InChI=1S/C28H27Cl2N3O6/c1-31(2)12-13-32-25-11-6-19(29)14-18(25)15-23(17-4-8-21(38-3)9-5-17)26(27(32)34)39-28(35)22-10-7-20(33(36)37)16-24(22)30/h4-11,14,16,23,26H,12-13,15H2,1-3H3/t23-,26+/m0/s1. The van der Waals surface area contributed by atoms with Gasteiger partial charge in [0, 0.05) is 41.9 Å². The van der Waals surface area contributed by atoms with Crippen LogP contribution in [-0.4, -0.2) is 62.1 Å². The number of methoxy groups -OCH3 is 1. The van der Waals surface area contributed by atoms with Crippen LogP contribution in [0.15, 0.2) is 60.7 Å². The number of nitrogens with zero attached hydrogens (tertiary/aromatic N) is 3. The summed E-state index contributed by atoms with van der Waals surface area (Å²) in [4.78, 5) is 41.6. The first kappa shape index (κ1) is 28.4. The average molecular weight is 572 g/mol. The Labute approximate surface area is 236 Å². The van der Waals surface area contributed by atoms with Gasteiger partial charge in [0.25, 0.3) is 11.6 Å². The number of fused-ring (bicyclic) bond motifs is 1. The number of hydrogen-bond donors (Lipinski definition) is 0. The largest absolute Gasteiger partial charge is 0.497 e. The smallest absolute Gasteiger partial charge is 0.340 e. The second-order valence-electron chi connectivity index (χ2n) is 9.40. The lowest BCUT2D eigenvalue weighted by Crippen LogP contribution is -2.45. The van der Waals surface area contributed by atoms with Crippen molar-refractivity contribution in [1.82, 2.24) is 4.90 Å². The third-order valence-corrected chi connectivity index (χ3v) is 7.13. The average Bonchev–Trinajstić information content (AvgIpc) is 3.01. The zero-order valence-electron chi connectivity index (χ0n) is 21.6. The third kappa shape index (κ3) is 6.33. The fourth-order valence-electron chi connectivity index (χ4n) is 4.54. The van der Waals surface area contributed by atoms with E-state index in [9.17, 15) is 19.7 Å². The van der Waals surface area contributed by atoms with Crippen LogP contribution >= 0.6 is 23.2 Å². The van der Waals surface area contributed by atoms with E-state index >= 15 is 0 Å². The van der Waals surface area contributed by atoms with Crippen LogP contribution in [0.4, 0.5) is 11.4 Å². The first-order valence-corrected chi connectivity index (χ1v) is 12.9. The van der Waals surface area contributed by atoms with Gasteiger partial charge in [0.05, 0.1) is 22.6 Å². The molecule has 3 aromatic carbocycles. The van der Waals surface area contributed by atoms with Gasteiger partial charge in [-0.3, -0.25) is 14.9 Å². The van der Waals surface area contributed by atoms with E-state index < -0.39 is 28.8 Å². The van der Waals surface area contributed by atoms with Gasteiger partial charge in [0.15, 0.2) is 6.10 Å². The predicted octanol–water partition coefficient (Wildman–Crippen LogP) is 5.37. The quantitative estimate of drug-likeness (QED) is 0.203. The second kappa shape index (κ2) is 12.0. The van der Waals surface area contributed by atoms with Crippen LogP contribution in [0.25, 0.3) is 0 Å². The molecular weight excluding hydrogens is 545 g/mol. The lowest BCUT2D eigenvalue weighted by atomic mass is 9.87. The molecule has 0 N–H and O–H groups in total. The maximum atomic E-state index is 14.2. The number of esters is 1. The Balaban J connectivity index is 1.79. The van der Waals surface area contributed by atoms with E-state index in [0.717, 1.165) is 17.2 Å². The number of carbonyl (C=O) groups is 2. The molecule has 1 aliphatic heterocycles. The Bertz CT molecular complexity index is 1400. The molecule has 2 atom stereocenters. The van der Waals surface area contributed by atoms with Crippen molar-refractivity contribution in [2.45, 2.75) is 18.4 Å². The zero-order chi connectivity index (χ0) is 28.3. The summed E-state index contributed by atoms with van der Waals surface area (Å²) < 4.78 is 11.2. The number of anilines is 1. The number of halogens is 2. The van der Waals surface area contributed by atoms with Crippen LogP contribution in [0.5, 0.6) is 5.75 Å². The van der Waals surface area contributed by atoms with Gasteiger partial charge in [-0.05, 0) is 68.0 Å². The zero-order valence-corrected chi connectivity index (χ0v) is 23.1. The van der Waals surface area contributed by atoms with Crippen molar-refractivity contribution in [3.05, 3.63) is 97.5 Å². The molecule has 0 radical (unpaired) electrons. The minimum Gasteiger partial charge on any atom is -0.497 e. The summed E-state index contributed by atoms with van der Waals surface area (Å²) in [6.45, 7) is 0.915. The number of carbonyl (C=O) groups excluding carboxylic acids is 2. The van der Waals surface area contributed by atoms with Crippen molar-refractivity contribution < 1.29 is 24.0 Å². The molecule has 0 saturated heterocycles. The van der Waals surface area contributed by atoms with Crippen molar-refractivity contribution in [3.63, 3.8) is 0 Å². The molecular formula is C28H27Cl2N3O6. The van der Waals surface area contributed by atoms with E-state index in [0.29, 0.717) is 36.0 Å². The molecule has 0 spiro atoms. The molecule has 0 unspecified atom stereocenters. The molecule has 11 heteroatoms. The van der Waals surface area contributed by atoms with Gasteiger partial charge in [-0.2, -0.15) is 0 Å². The molecule has 0 bridgehead atoms. The number of ether oxygens (including phenoxy) is 2. The predicted molar refractivity (Wildman–Crippen MR) is 149 cm³/mol. The summed E-state index contributed by atoms with van der Waals surface area (Å²) in [6, 6.07) is 16.0. The minimum absolute atomic E-state index is 0.0757. The maximum absolute atomic E-state index is 14.2. The molecule has 3 aromatic rings. The highest BCUT2D eigenvalue weighted by atomic mass is 35.5. The van der Waals surface area contributed by atoms with Gasteiger partial charge in [0.2, 0.25) is 0 Å². The van der Waals surface area contributed by atoms with Crippen molar-refractivity contribution in [2.75, 3.05) is 39.2 Å². The van der Waals surface area contributed by atoms with Gasteiger partial charge in [-0.1, -0.05) is 35.3 Å². The molecule has 1 aliphatic rings. The Hall–Kier alpha value is -3.66. The Morgan fingerprint density at radius 3 is 2.44 bits per heavy atom. The molecule has 0 fully saturated rings. The molecule has 1 amide bonds. The van der Waals surface area contributed by atoms with Gasteiger partial charge in [0.1, 0.15) is 5.75 Å². The van der Waals surface area contributed by atoms with Crippen molar-refractivity contribution in [1.29, 1.82) is 0 Å². The highest BCUT2D eigenvalue weighted by Gasteiger charge is 2.41. The van der Waals surface area contributed by atoms with Crippen LogP contribution in [0.2, 0.25) is 10.0 Å². The van der Waals surface area contributed by atoms with Gasteiger partial charge >= 0.3 is 5.97 Å². The number of benzene rings is 3. The van der Waals surface area contributed by atoms with E-state index in [4.69, 9.17) is 32.7 Å². The monoisotopic (exact) mass is 571 g/mol. The van der Waals surface area contributed by atoms with Crippen LogP contribution in [0, 0.1) is 10.1 Å². The van der Waals surface area contributed by atoms with E-state index in [1.54, 1.807) is 36.3 Å². The summed E-state index contributed by atoms with van der Waals surface area (Å²) in [7, 11) is 5.36. The lowest BCUT2D eigenvalue weighted by Gasteiger charge is -2.29. The highest BCUT2D eigenvalue weighted by molar-refractivity contribution is 6.33. The summed E-state index contributed by atoms with van der Waals surface area (Å²) in [6.07, 6.45) is -0.858. The summed E-state index contributed by atoms with van der Waals surface area (Å²) in [5.74, 6) is -1.18. The summed E-state index contributed by atoms with van der Waals surface area (Å²) in [5.41, 5.74) is 1.95. The topological polar surface area (TPSA) is 102 Å². The van der Waals surface area contributed by atoms with Gasteiger partial charge < -0.3 is 19.3 Å². The summed E-state index contributed by atoms with van der Waals surface area (Å²) >= 11 is 12.6. The molecule has 0 aromatic heterocycles. The number of nitro benzene ring substituents is 1. The maximum Gasteiger partial charge on any atom is 0.340 e. The number of amides is 1. The highest BCUT2D eigenvalue weighted by Crippen LogP contribution is 2.38. The van der Waals surface area contributed by atoms with Crippen molar-refractivity contribution in [3.8, 4) is 5.75 Å². The first-order chi connectivity index (χ1) is 18.6. The molecule has 39 heavy (non-hydrogen) atoms. The fraction of sp³-hybridized carbons (Fsp3) is 0.286. The van der Waals surface area contributed by atoms with E-state index in [1.165, 1.54) is 12.1 Å². The fourth-order valence-corrected chi connectivity index (χ4v) is 4.98. The lowest BCUT2D eigenvalue weighted by molar-refractivity contribution is -0.384. The number of rotatable bonds is 8. The molecule has 4 rings (SSSR count). The van der Waals surface area contributed by atoms with Crippen LogP contribution in [0.3, 0.4) is 0 Å². The molecule has 1 heterocycles.